The molecule has 4 N–H and O–H groups in total. The minimum absolute atomic E-state index is 0.101. The molecule has 0 bridgehead atoms. The molecule has 41 heavy (non-hydrogen) atoms. The molecule has 0 saturated heterocycles. The number of hydrogen-bond acceptors (Lipinski definition) is 6. The van der Waals surface area contributed by atoms with E-state index in [2.05, 4.69) is 39.8 Å². The van der Waals surface area contributed by atoms with Crippen LogP contribution in [0.2, 0.25) is 0 Å². The van der Waals surface area contributed by atoms with Gasteiger partial charge in [-0.3, -0.25) is 0 Å². The second kappa shape index (κ2) is 14.5. The summed E-state index contributed by atoms with van der Waals surface area (Å²) in [5.41, 5.74) is 4.04. The van der Waals surface area contributed by atoms with E-state index in [-0.39, 0.29) is 18.3 Å². The molecule has 0 spiro atoms. The van der Waals surface area contributed by atoms with E-state index in [0.29, 0.717) is 30.4 Å². The van der Waals surface area contributed by atoms with Crippen molar-refractivity contribution < 1.29 is 13.6 Å². The molecule has 0 radical (unpaired) electrons. The Kier molecular flexibility index (Phi) is 11.2. The third-order valence-corrected chi connectivity index (χ3v) is 6.37. The molecule has 8 nitrogen and oxygen atoms in total. The fraction of sp³-hybridized carbons (Fsp3) is 0.387. The summed E-state index contributed by atoms with van der Waals surface area (Å²) in [6.07, 6.45) is 0.958. The first-order valence-corrected chi connectivity index (χ1v) is 14.2. The summed E-state index contributed by atoms with van der Waals surface area (Å²) in [7, 11) is 0. The van der Waals surface area contributed by atoms with Crippen LogP contribution in [-0.4, -0.2) is 41.7 Å². The van der Waals surface area contributed by atoms with Crippen LogP contribution >= 0.6 is 0 Å². The molecular weight excluding hydrogens is 524 g/mol. The van der Waals surface area contributed by atoms with Gasteiger partial charge in [0.05, 0.1) is 12.2 Å². The smallest absolute Gasteiger partial charge is 0.328 e. The number of carbonyl (C=O) groups excluding carboxylic acids is 1. The van der Waals surface area contributed by atoms with Gasteiger partial charge in [-0.1, -0.05) is 59.4 Å². The first-order valence-electron chi connectivity index (χ1n) is 14.2. The standard InChI is InChI=1S/C29H35F2N7O.C2H6/c1-6-12-33-19(5)20-11-10-18(4)21(15-20)25-22-16-35-29(39)38(26-23(30)8-7-9-24(26)31)27(22)37-28(36-25)34-14-13-32-17(2)3;1-2/h7-11,15,17,32-33H,5-6,12-14,16H2,1-4H3,(H,35,39)(H,34,36,37);1-2H3. The van der Waals surface area contributed by atoms with Gasteiger partial charge in [0.25, 0.3) is 0 Å². The summed E-state index contributed by atoms with van der Waals surface area (Å²) in [6.45, 7) is 18.4. The van der Waals surface area contributed by atoms with Gasteiger partial charge in [-0.25, -0.2) is 23.5 Å². The fourth-order valence-corrected chi connectivity index (χ4v) is 4.35. The third kappa shape index (κ3) is 7.38. The highest BCUT2D eigenvalue weighted by Gasteiger charge is 2.34. The van der Waals surface area contributed by atoms with Crippen molar-refractivity contribution in [1.82, 2.24) is 25.9 Å². The summed E-state index contributed by atoms with van der Waals surface area (Å²) in [5, 5.41) is 12.6. The predicted octanol–water partition coefficient (Wildman–Crippen LogP) is 6.50. The number of halogens is 2. The highest BCUT2D eigenvalue weighted by atomic mass is 19.1. The zero-order valence-electron chi connectivity index (χ0n) is 24.8. The summed E-state index contributed by atoms with van der Waals surface area (Å²) in [5.74, 6) is -1.37. The summed E-state index contributed by atoms with van der Waals surface area (Å²) in [4.78, 5) is 23.4. The molecule has 0 atom stereocenters. The third-order valence-electron chi connectivity index (χ3n) is 6.37. The Balaban J connectivity index is 0.00000226. The molecule has 3 aromatic rings. The van der Waals surface area contributed by atoms with E-state index in [1.54, 1.807) is 0 Å². The van der Waals surface area contributed by atoms with Crippen molar-refractivity contribution >= 4 is 29.2 Å². The number of para-hydroxylation sites is 1. The van der Waals surface area contributed by atoms with Crippen molar-refractivity contribution in [2.75, 3.05) is 29.9 Å². The van der Waals surface area contributed by atoms with Crippen LogP contribution in [0.4, 0.5) is 31.0 Å². The van der Waals surface area contributed by atoms with Crippen molar-refractivity contribution in [2.24, 2.45) is 0 Å². The number of rotatable bonds is 11. The Hall–Kier alpha value is -4.05. The molecule has 4 rings (SSSR count). The van der Waals surface area contributed by atoms with Crippen molar-refractivity contribution in [1.29, 1.82) is 0 Å². The van der Waals surface area contributed by atoms with Crippen LogP contribution in [0, 0.1) is 18.6 Å². The Bertz CT molecular complexity index is 1360. The van der Waals surface area contributed by atoms with Crippen LogP contribution in [0.5, 0.6) is 0 Å². The number of amides is 2. The molecule has 1 aliphatic rings. The molecule has 1 aromatic heterocycles. The monoisotopic (exact) mass is 565 g/mol. The number of benzene rings is 2. The van der Waals surface area contributed by atoms with Crippen LogP contribution in [0.25, 0.3) is 17.0 Å². The topological polar surface area (TPSA) is 94.2 Å². The minimum Gasteiger partial charge on any atom is -0.385 e. The zero-order chi connectivity index (χ0) is 30.1. The number of aromatic nitrogens is 2. The Morgan fingerprint density at radius 3 is 2.46 bits per heavy atom. The predicted molar refractivity (Wildman–Crippen MR) is 163 cm³/mol. The molecule has 0 saturated carbocycles. The van der Waals surface area contributed by atoms with E-state index in [9.17, 15) is 13.6 Å². The minimum atomic E-state index is -0.870. The summed E-state index contributed by atoms with van der Waals surface area (Å²) >= 11 is 0. The second-order valence-corrected chi connectivity index (χ2v) is 9.73. The number of fused-ring (bicyclic) bond motifs is 1. The average Bonchev–Trinajstić information content (AvgIpc) is 2.96. The number of carbonyl (C=O) groups is 1. The lowest BCUT2D eigenvalue weighted by Crippen LogP contribution is -2.43. The van der Waals surface area contributed by atoms with E-state index in [4.69, 9.17) is 4.98 Å². The maximum absolute atomic E-state index is 14.9. The molecule has 2 aromatic carbocycles. The van der Waals surface area contributed by atoms with Crippen molar-refractivity contribution in [3.05, 3.63) is 71.3 Å². The van der Waals surface area contributed by atoms with Gasteiger partial charge in [0, 0.05) is 42.5 Å². The second-order valence-electron chi connectivity index (χ2n) is 9.73. The van der Waals surface area contributed by atoms with Gasteiger partial charge in [-0.15, -0.1) is 0 Å². The largest absolute Gasteiger partial charge is 0.385 e. The molecule has 10 heteroatoms. The quantitative estimate of drug-likeness (QED) is 0.198. The molecule has 0 fully saturated rings. The van der Waals surface area contributed by atoms with Crippen molar-refractivity contribution in [2.45, 2.75) is 60.5 Å². The van der Waals surface area contributed by atoms with Gasteiger partial charge in [-0.2, -0.15) is 4.98 Å². The molecule has 2 heterocycles. The number of nitrogens with one attached hydrogen (secondary N) is 4. The van der Waals surface area contributed by atoms with Crippen molar-refractivity contribution in [3.63, 3.8) is 0 Å². The van der Waals surface area contributed by atoms with Crippen molar-refractivity contribution in [3.8, 4) is 11.3 Å². The van der Waals surface area contributed by atoms with Gasteiger partial charge in [0.2, 0.25) is 5.95 Å². The molecule has 1 aliphatic heterocycles. The number of nitrogens with zero attached hydrogens (tertiary/aromatic N) is 3. The van der Waals surface area contributed by atoms with Crippen LogP contribution in [0.3, 0.4) is 0 Å². The zero-order valence-corrected chi connectivity index (χ0v) is 24.8. The first-order chi connectivity index (χ1) is 19.7. The van der Waals surface area contributed by atoms with Gasteiger partial charge in [0.15, 0.2) is 5.82 Å². The van der Waals surface area contributed by atoms with E-state index >= 15 is 0 Å². The van der Waals surface area contributed by atoms with Gasteiger partial charge >= 0.3 is 6.03 Å². The van der Waals surface area contributed by atoms with E-state index in [1.807, 2.05) is 52.8 Å². The summed E-state index contributed by atoms with van der Waals surface area (Å²) in [6, 6.07) is 9.05. The van der Waals surface area contributed by atoms with E-state index < -0.39 is 23.4 Å². The Morgan fingerprint density at radius 1 is 1.10 bits per heavy atom. The number of hydrogen-bond donors (Lipinski definition) is 4. The number of aryl methyl sites for hydroxylation is 1. The van der Waals surface area contributed by atoms with Crippen LogP contribution in [-0.2, 0) is 6.54 Å². The molecular formula is C31H41F2N7O. The first kappa shape index (κ1) is 31.5. The lowest BCUT2D eigenvalue weighted by molar-refractivity contribution is 0.246. The van der Waals surface area contributed by atoms with Crippen LogP contribution < -0.4 is 26.2 Å². The van der Waals surface area contributed by atoms with Gasteiger partial charge < -0.3 is 21.3 Å². The lowest BCUT2D eigenvalue weighted by atomic mass is 9.97. The lowest BCUT2D eigenvalue weighted by Gasteiger charge is -2.31. The molecule has 220 valence electrons. The molecule has 0 aliphatic carbocycles. The highest BCUT2D eigenvalue weighted by molar-refractivity contribution is 6.02. The Labute approximate surface area is 241 Å². The summed E-state index contributed by atoms with van der Waals surface area (Å²) < 4.78 is 29.8. The highest BCUT2D eigenvalue weighted by Crippen LogP contribution is 2.39. The average molecular weight is 566 g/mol. The maximum atomic E-state index is 14.9. The van der Waals surface area contributed by atoms with E-state index in [1.165, 1.54) is 6.07 Å². The number of anilines is 3. The Morgan fingerprint density at radius 2 is 1.80 bits per heavy atom. The molecule has 2 amide bonds. The van der Waals surface area contributed by atoms with Crippen LogP contribution in [0.15, 0.2) is 43.0 Å². The maximum Gasteiger partial charge on any atom is 0.328 e. The van der Waals surface area contributed by atoms with Gasteiger partial charge in [-0.05, 0) is 42.7 Å². The SMILES string of the molecule is C=C(NCCC)c1ccc(C)c(-c2nc(NCCNC(C)C)nc3c2CNC(=O)N3c2c(F)cccc2F)c1.CC. The van der Waals surface area contributed by atoms with E-state index in [0.717, 1.165) is 52.4 Å². The fourth-order valence-electron chi connectivity index (χ4n) is 4.35. The van der Waals surface area contributed by atoms with Crippen LogP contribution in [0.1, 0.15) is 57.7 Å². The molecule has 0 unspecified atom stereocenters. The number of urea groups is 1. The van der Waals surface area contributed by atoms with Gasteiger partial charge in [0.1, 0.15) is 17.3 Å². The normalized spacial score (nSPS) is 12.3.